The summed E-state index contributed by atoms with van der Waals surface area (Å²) in [4.78, 5) is 24.7. The minimum atomic E-state index is -3.62. The number of hydrogen-bond acceptors (Lipinski definition) is 7. The van der Waals surface area contributed by atoms with E-state index in [-0.39, 0.29) is 10.5 Å². The first-order valence-electron chi connectivity index (χ1n) is 10.1. The van der Waals surface area contributed by atoms with Crippen LogP contribution < -0.4 is 14.8 Å². The zero-order valence-corrected chi connectivity index (χ0v) is 18.8. The van der Waals surface area contributed by atoms with Crippen LogP contribution in [0.3, 0.4) is 0 Å². The highest BCUT2D eigenvalue weighted by molar-refractivity contribution is 7.89. The molecule has 1 heterocycles. The van der Waals surface area contributed by atoms with E-state index < -0.39 is 28.5 Å². The average molecular weight is 463 g/mol. The van der Waals surface area contributed by atoms with E-state index in [2.05, 4.69) is 5.32 Å². The van der Waals surface area contributed by atoms with Crippen LogP contribution in [0, 0.1) is 0 Å². The molecule has 0 radical (unpaired) electrons. The smallest absolute Gasteiger partial charge is 0.338 e. The van der Waals surface area contributed by atoms with Crippen LogP contribution in [0.2, 0.25) is 0 Å². The number of ether oxygens (including phenoxy) is 3. The lowest BCUT2D eigenvalue weighted by Crippen LogP contribution is -2.35. The van der Waals surface area contributed by atoms with E-state index in [1.807, 2.05) is 0 Å². The van der Waals surface area contributed by atoms with Gasteiger partial charge in [-0.25, -0.2) is 13.2 Å². The Labute approximate surface area is 187 Å². The number of anilines is 1. The van der Waals surface area contributed by atoms with Crippen molar-refractivity contribution < 1.29 is 32.2 Å². The number of carbonyl (C=O) groups excluding carboxylic acids is 2. The maximum Gasteiger partial charge on any atom is 0.338 e. The quantitative estimate of drug-likeness (QED) is 0.601. The van der Waals surface area contributed by atoms with Gasteiger partial charge >= 0.3 is 5.97 Å². The van der Waals surface area contributed by atoms with Crippen molar-refractivity contribution in [1.82, 2.24) is 4.31 Å². The molecule has 32 heavy (non-hydrogen) atoms. The molecular weight excluding hydrogens is 436 g/mol. The fourth-order valence-corrected chi connectivity index (χ4v) is 4.89. The molecule has 172 valence electrons. The zero-order valence-electron chi connectivity index (χ0n) is 18.0. The standard InChI is InChI=1S/C22H26N2O7S/c1-29-18-11-16(12-19(14-18)30-2)22(26)31-15-21(25)23-17-7-6-8-20(13-17)32(27,28)24-9-4-3-5-10-24/h6-8,11-14H,3-5,9-10,15H2,1-2H3,(H,23,25). The van der Waals surface area contributed by atoms with Gasteiger partial charge in [0, 0.05) is 24.8 Å². The van der Waals surface area contributed by atoms with E-state index in [1.165, 1.54) is 42.8 Å². The van der Waals surface area contributed by atoms with E-state index in [0.29, 0.717) is 30.3 Å². The van der Waals surface area contributed by atoms with Crippen LogP contribution in [0.1, 0.15) is 29.6 Å². The van der Waals surface area contributed by atoms with Gasteiger partial charge in [0.2, 0.25) is 10.0 Å². The topological polar surface area (TPSA) is 111 Å². The number of esters is 1. The van der Waals surface area contributed by atoms with E-state index in [1.54, 1.807) is 18.2 Å². The van der Waals surface area contributed by atoms with Gasteiger partial charge in [-0.1, -0.05) is 12.5 Å². The molecule has 2 aromatic carbocycles. The Kier molecular flexibility index (Phi) is 7.70. The van der Waals surface area contributed by atoms with E-state index in [0.717, 1.165) is 19.3 Å². The van der Waals surface area contributed by atoms with Crippen molar-refractivity contribution in [2.75, 3.05) is 39.2 Å². The van der Waals surface area contributed by atoms with Crippen molar-refractivity contribution in [1.29, 1.82) is 0 Å². The molecule has 0 spiro atoms. The lowest BCUT2D eigenvalue weighted by molar-refractivity contribution is -0.119. The normalized spacial score (nSPS) is 14.4. The molecule has 1 fully saturated rings. The third kappa shape index (κ3) is 5.77. The summed E-state index contributed by atoms with van der Waals surface area (Å²) in [5.41, 5.74) is 0.468. The number of nitrogens with one attached hydrogen (secondary N) is 1. The number of piperidine rings is 1. The molecule has 0 bridgehead atoms. The molecule has 10 heteroatoms. The second-order valence-corrected chi connectivity index (χ2v) is 9.16. The van der Waals surface area contributed by atoms with E-state index in [4.69, 9.17) is 14.2 Å². The molecule has 0 saturated carbocycles. The first-order chi connectivity index (χ1) is 15.3. The average Bonchev–Trinajstić information content (AvgIpc) is 2.82. The number of hydrogen-bond donors (Lipinski definition) is 1. The lowest BCUT2D eigenvalue weighted by Gasteiger charge is -2.26. The predicted octanol–water partition coefficient (Wildman–Crippen LogP) is 2.67. The molecule has 0 unspecified atom stereocenters. The number of nitrogens with zero attached hydrogens (tertiary/aromatic N) is 1. The Bertz CT molecular complexity index is 1060. The van der Waals surface area contributed by atoms with Crippen molar-refractivity contribution in [3.63, 3.8) is 0 Å². The highest BCUT2D eigenvalue weighted by Gasteiger charge is 2.26. The lowest BCUT2D eigenvalue weighted by atomic mass is 10.2. The Morgan fingerprint density at radius 3 is 2.25 bits per heavy atom. The van der Waals surface area contributed by atoms with Crippen molar-refractivity contribution in [2.24, 2.45) is 0 Å². The van der Waals surface area contributed by atoms with E-state index in [9.17, 15) is 18.0 Å². The minimum absolute atomic E-state index is 0.109. The highest BCUT2D eigenvalue weighted by atomic mass is 32.2. The largest absolute Gasteiger partial charge is 0.497 e. The van der Waals surface area contributed by atoms with Crippen LogP contribution in [0.15, 0.2) is 47.4 Å². The first-order valence-corrected chi connectivity index (χ1v) is 11.6. The predicted molar refractivity (Wildman–Crippen MR) is 118 cm³/mol. The zero-order chi connectivity index (χ0) is 23.1. The SMILES string of the molecule is COc1cc(OC)cc(C(=O)OCC(=O)Nc2cccc(S(=O)(=O)N3CCCCC3)c2)c1. The maximum absolute atomic E-state index is 12.8. The second-order valence-electron chi connectivity index (χ2n) is 7.22. The molecule has 1 aliphatic rings. The molecule has 3 rings (SSSR count). The van der Waals surface area contributed by atoms with Crippen LogP contribution >= 0.6 is 0 Å². The summed E-state index contributed by atoms with van der Waals surface area (Å²) < 4.78 is 42.4. The molecule has 1 aliphatic heterocycles. The van der Waals surface area contributed by atoms with Gasteiger partial charge < -0.3 is 19.5 Å². The number of rotatable bonds is 8. The number of amides is 1. The molecule has 0 aliphatic carbocycles. The fraction of sp³-hybridized carbons (Fsp3) is 0.364. The summed E-state index contributed by atoms with van der Waals surface area (Å²) in [6.45, 7) is 0.440. The maximum atomic E-state index is 12.8. The molecule has 1 amide bonds. The van der Waals surface area contributed by atoms with Crippen LogP contribution in [0.25, 0.3) is 0 Å². The van der Waals surface area contributed by atoms with Gasteiger partial charge in [-0.3, -0.25) is 4.79 Å². The van der Waals surface area contributed by atoms with Gasteiger partial charge in [0.05, 0.1) is 24.7 Å². The van der Waals surface area contributed by atoms with Gasteiger partial charge in [-0.05, 0) is 43.2 Å². The summed E-state index contributed by atoms with van der Waals surface area (Å²) in [5.74, 6) is -0.500. The molecule has 1 saturated heterocycles. The van der Waals surface area contributed by atoms with Crippen molar-refractivity contribution in [3.05, 3.63) is 48.0 Å². The van der Waals surface area contributed by atoms with Gasteiger partial charge in [-0.2, -0.15) is 4.31 Å². The second kappa shape index (κ2) is 10.5. The molecular formula is C22H26N2O7S. The Hall–Kier alpha value is -3.11. The number of sulfonamides is 1. The van der Waals surface area contributed by atoms with Gasteiger partial charge in [-0.15, -0.1) is 0 Å². The number of carbonyl (C=O) groups is 2. The molecule has 0 aromatic heterocycles. The summed E-state index contributed by atoms with van der Waals surface area (Å²) in [7, 11) is -0.712. The number of benzene rings is 2. The summed E-state index contributed by atoms with van der Waals surface area (Å²) in [5, 5.41) is 2.56. The third-order valence-corrected chi connectivity index (χ3v) is 6.89. The van der Waals surface area contributed by atoms with Crippen molar-refractivity contribution in [3.8, 4) is 11.5 Å². The van der Waals surface area contributed by atoms with Crippen LogP contribution in [0.4, 0.5) is 5.69 Å². The van der Waals surface area contributed by atoms with Crippen LogP contribution in [-0.4, -0.2) is 58.5 Å². The van der Waals surface area contributed by atoms with Crippen molar-refractivity contribution in [2.45, 2.75) is 24.2 Å². The summed E-state index contributed by atoms with van der Waals surface area (Å²) in [6.07, 6.45) is 2.68. The Balaban J connectivity index is 1.62. The molecule has 2 aromatic rings. The Morgan fingerprint density at radius 2 is 1.62 bits per heavy atom. The monoisotopic (exact) mass is 462 g/mol. The van der Waals surface area contributed by atoms with Crippen molar-refractivity contribution >= 4 is 27.6 Å². The number of methoxy groups -OCH3 is 2. The molecule has 1 N–H and O–H groups in total. The van der Waals surface area contributed by atoms with E-state index >= 15 is 0 Å². The van der Waals surface area contributed by atoms with Gasteiger partial charge in [0.15, 0.2) is 6.61 Å². The van der Waals surface area contributed by atoms with Gasteiger partial charge in [0.25, 0.3) is 5.91 Å². The van der Waals surface area contributed by atoms with Crippen LogP contribution in [0.5, 0.6) is 11.5 Å². The minimum Gasteiger partial charge on any atom is -0.497 e. The van der Waals surface area contributed by atoms with Crippen LogP contribution in [-0.2, 0) is 19.6 Å². The summed E-state index contributed by atoms with van der Waals surface area (Å²) in [6, 6.07) is 10.6. The molecule has 9 nitrogen and oxygen atoms in total. The third-order valence-electron chi connectivity index (χ3n) is 4.99. The fourth-order valence-electron chi connectivity index (χ4n) is 3.33. The Morgan fingerprint density at radius 1 is 0.969 bits per heavy atom. The highest BCUT2D eigenvalue weighted by Crippen LogP contribution is 2.24. The van der Waals surface area contributed by atoms with Gasteiger partial charge in [0.1, 0.15) is 11.5 Å². The molecule has 0 atom stereocenters. The summed E-state index contributed by atoms with van der Waals surface area (Å²) >= 11 is 0. The first kappa shape index (κ1) is 23.6.